The molecule has 1 heterocycles. The van der Waals surface area contributed by atoms with Crippen LogP contribution in [-0.4, -0.2) is 23.0 Å². The van der Waals surface area contributed by atoms with Gasteiger partial charge in [0.1, 0.15) is 0 Å². The molecule has 0 atom stereocenters. The van der Waals surface area contributed by atoms with Crippen LogP contribution in [0.5, 0.6) is 0 Å². The summed E-state index contributed by atoms with van der Waals surface area (Å²) in [7, 11) is 0. The van der Waals surface area contributed by atoms with Crippen LogP contribution in [0.1, 0.15) is 5.56 Å². The van der Waals surface area contributed by atoms with E-state index in [0.717, 1.165) is 0 Å². The first-order valence-corrected chi connectivity index (χ1v) is 4.50. The van der Waals surface area contributed by atoms with Gasteiger partial charge in [0.25, 0.3) is 11.8 Å². The van der Waals surface area contributed by atoms with Crippen LogP contribution in [0.4, 0.5) is 4.79 Å². The van der Waals surface area contributed by atoms with Crippen LogP contribution in [0.2, 0.25) is 0 Å². The number of carbonyl (C=O) groups is 3. The molecule has 16 heavy (non-hydrogen) atoms. The first-order valence-electron chi connectivity index (χ1n) is 4.50. The summed E-state index contributed by atoms with van der Waals surface area (Å²) in [5.74, 6) is -2.10. The van der Waals surface area contributed by atoms with Crippen molar-refractivity contribution in [2.24, 2.45) is 0 Å². The third-order valence-corrected chi connectivity index (χ3v) is 2.30. The Labute approximate surface area is 90.3 Å². The highest BCUT2D eigenvalue weighted by Crippen LogP contribution is 2.23. The predicted octanol–water partition coefficient (Wildman–Crippen LogP) is -0.760. The van der Waals surface area contributed by atoms with Gasteiger partial charge in [-0.3, -0.25) is 20.2 Å². The largest absolute Gasteiger partial charge is 0.368 e. The maximum absolute atomic E-state index is 11.5. The predicted molar refractivity (Wildman–Crippen MR) is 52.0 cm³/mol. The molecular weight excluding hydrogens is 212 g/mol. The van der Waals surface area contributed by atoms with Gasteiger partial charge in [0.2, 0.25) is 5.60 Å². The molecule has 4 amide bonds. The van der Waals surface area contributed by atoms with Gasteiger partial charge in [0, 0.05) is 5.56 Å². The quantitative estimate of drug-likeness (QED) is 0.542. The van der Waals surface area contributed by atoms with Crippen molar-refractivity contribution in [3.8, 4) is 0 Å². The molecule has 0 aliphatic carbocycles. The van der Waals surface area contributed by atoms with Crippen LogP contribution in [0.25, 0.3) is 0 Å². The molecule has 6 heteroatoms. The number of nitrogens with one attached hydrogen (secondary N) is 2. The Morgan fingerprint density at radius 1 is 0.938 bits per heavy atom. The van der Waals surface area contributed by atoms with Gasteiger partial charge in [0.15, 0.2) is 0 Å². The van der Waals surface area contributed by atoms with Crippen molar-refractivity contribution in [1.82, 2.24) is 10.6 Å². The number of aliphatic hydroxyl groups is 1. The summed E-state index contributed by atoms with van der Waals surface area (Å²) in [5.41, 5.74) is -2.24. The standard InChI is InChI=1S/C10H8N2O4/c13-7-10(16,6-4-2-1-3-5-6)8(14)12-9(15)11-7/h1-5,16H,(H2,11,12,13,14,15). The number of urea groups is 1. The topological polar surface area (TPSA) is 95.5 Å². The number of hydrogen-bond donors (Lipinski definition) is 3. The first kappa shape index (κ1) is 10.3. The van der Waals surface area contributed by atoms with Crippen molar-refractivity contribution in [2.45, 2.75) is 5.60 Å². The van der Waals surface area contributed by atoms with Crippen molar-refractivity contribution in [2.75, 3.05) is 0 Å². The first-order chi connectivity index (χ1) is 7.55. The van der Waals surface area contributed by atoms with Crippen molar-refractivity contribution >= 4 is 17.8 Å². The lowest BCUT2D eigenvalue weighted by atomic mass is 9.91. The molecule has 3 N–H and O–H groups in total. The molecule has 1 fully saturated rings. The number of hydrogen-bond acceptors (Lipinski definition) is 4. The third-order valence-electron chi connectivity index (χ3n) is 2.30. The molecule has 82 valence electrons. The summed E-state index contributed by atoms with van der Waals surface area (Å²) in [6.45, 7) is 0. The molecule has 2 rings (SSSR count). The molecular formula is C10H8N2O4. The lowest BCUT2D eigenvalue weighted by Crippen LogP contribution is -2.64. The highest BCUT2D eigenvalue weighted by molar-refractivity contribution is 6.21. The van der Waals surface area contributed by atoms with E-state index >= 15 is 0 Å². The van der Waals surface area contributed by atoms with Crippen LogP contribution < -0.4 is 10.6 Å². The van der Waals surface area contributed by atoms with Crippen molar-refractivity contribution < 1.29 is 19.5 Å². The van der Waals surface area contributed by atoms with E-state index in [0.29, 0.717) is 0 Å². The molecule has 0 unspecified atom stereocenters. The zero-order valence-electron chi connectivity index (χ0n) is 8.06. The maximum Gasteiger partial charge on any atom is 0.328 e. The molecule has 1 aromatic rings. The summed E-state index contributed by atoms with van der Waals surface area (Å²) in [4.78, 5) is 33.8. The molecule has 1 aliphatic heterocycles. The minimum Gasteiger partial charge on any atom is -0.368 e. The number of imide groups is 2. The minimum absolute atomic E-state index is 0.109. The molecule has 1 saturated heterocycles. The third kappa shape index (κ3) is 1.36. The van der Waals surface area contributed by atoms with Crippen LogP contribution in [0.15, 0.2) is 30.3 Å². The van der Waals surface area contributed by atoms with Gasteiger partial charge in [0.05, 0.1) is 0 Å². The van der Waals surface area contributed by atoms with E-state index in [4.69, 9.17) is 0 Å². The summed E-state index contributed by atoms with van der Waals surface area (Å²) >= 11 is 0. The Morgan fingerprint density at radius 3 is 1.94 bits per heavy atom. The Bertz CT molecular complexity index is 449. The molecule has 0 bridgehead atoms. The zero-order chi connectivity index (χ0) is 11.8. The number of amides is 4. The Kier molecular flexibility index (Phi) is 2.21. The summed E-state index contributed by atoms with van der Waals surface area (Å²) in [6, 6.07) is 6.74. The van der Waals surface area contributed by atoms with Gasteiger partial charge in [-0.1, -0.05) is 30.3 Å². The molecule has 0 saturated carbocycles. The summed E-state index contributed by atoms with van der Waals surface area (Å²) in [6.07, 6.45) is 0. The number of benzene rings is 1. The van der Waals surface area contributed by atoms with Gasteiger partial charge in [-0.2, -0.15) is 0 Å². The fourth-order valence-corrected chi connectivity index (χ4v) is 1.46. The second kappa shape index (κ2) is 3.42. The van der Waals surface area contributed by atoms with E-state index in [2.05, 4.69) is 0 Å². The molecule has 0 radical (unpaired) electrons. The second-order valence-electron chi connectivity index (χ2n) is 3.31. The molecule has 6 nitrogen and oxygen atoms in total. The van der Waals surface area contributed by atoms with Gasteiger partial charge in [-0.15, -0.1) is 0 Å². The van der Waals surface area contributed by atoms with E-state index in [1.54, 1.807) is 18.2 Å². The highest BCUT2D eigenvalue weighted by atomic mass is 16.3. The Morgan fingerprint density at radius 2 is 1.44 bits per heavy atom. The Hall–Kier alpha value is -2.21. The second-order valence-corrected chi connectivity index (χ2v) is 3.31. The van der Waals surface area contributed by atoms with Crippen molar-refractivity contribution in [3.05, 3.63) is 35.9 Å². The van der Waals surface area contributed by atoms with E-state index in [1.165, 1.54) is 12.1 Å². The maximum atomic E-state index is 11.5. The SMILES string of the molecule is O=C1NC(=O)C(O)(c2ccccc2)C(=O)N1. The van der Waals surface area contributed by atoms with Gasteiger partial charge in [-0.25, -0.2) is 4.79 Å². The average molecular weight is 220 g/mol. The van der Waals surface area contributed by atoms with Gasteiger partial charge >= 0.3 is 6.03 Å². The van der Waals surface area contributed by atoms with Gasteiger partial charge in [-0.05, 0) is 0 Å². The molecule has 0 aromatic heterocycles. The zero-order valence-corrected chi connectivity index (χ0v) is 8.06. The van der Waals surface area contributed by atoms with Crippen LogP contribution >= 0.6 is 0 Å². The normalized spacial score (nSPS) is 18.9. The number of carbonyl (C=O) groups excluding carboxylic acids is 3. The number of rotatable bonds is 1. The minimum atomic E-state index is -2.35. The Balaban J connectivity index is 2.48. The van der Waals surface area contributed by atoms with E-state index in [1.807, 2.05) is 10.6 Å². The lowest BCUT2D eigenvalue weighted by Gasteiger charge is -2.29. The van der Waals surface area contributed by atoms with E-state index in [-0.39, 0.29) is 5.56 Å². The van der Waals surface area contributed by atoms with Crippen molar-refractivity contribution in [1.29, 1.82) is 0 Å². The summed E-state index contributed by atoms with van der Waals surface area (Å²) < 4.78 is 0. The van der Waals surface area contributed by atoms with Gasteiger partial charge < -0.3 is 5.11 Å². The van der Waals surface area contributed by atoms with Crippen LogP contribution in [-0.2, 0) is 15.2 Å². The molecule has 0 spiro atoms. The molecule has 1 aromatic carbocycles. The average Bonchev–Trinajstić information content (AvgIpc) is 2.27. The van der Waals surface area contributed by atoms with Crippen LogP contribution in [0, 0.1) is 0 Å². The van der Waals surface area contributed by atoms with Crippen molar-refractivity contribution in [3.63, 3.8) is 0 Å². The monoisotopic (exact) mass is 220 g/mol. The molecule has 1 aliphatic rings. The summed E-state index contributed by atoms with van der Waals surface area (Å²) in [5, 5.41) is 13.7. The fourth-order valence-electron chi connectivity index (χ4n) is 1.46. The fraction of sp³-hybridized carbons (Fsp3) is 0.100. The number of barbiturate groups is 1. The van der Waals surface area contributed by atoms with E-state index < -0.39 is 23.4 Å². The highest BCUT2D eigenvalue weighted by Gasteiger charge is 2.50. The van der Waals surface area contributed by atoms with Crippen LogP contribution in [0.3, 0.4) is 0 Å². The lowest BCUT2D eigenvalue weighted by molar-refractivity contribution is -0.155. The smallest absolute Gasteiger partial charge is 0.328 e. The van der Waals surface area contributed by atoms with E-state index in [9.17, 15) is 19.5 Å².